The third-order valence-corrected chi connectivity index (χ3v) is 5.09. The Morgan fingerprint density at radius 3 is 2.28 bits per heavy atom. The minimum atomic E-state index is -0.658. The van der Waals surface area contributed by atoms with Crippen LogP contribution in [-0.4, -0.2) is 25.0 Å². The number of carbonyl (C=O) groups is 2. The van der Waals surface area contributed by atoms with Gasteiger partial charge in [0.2, 0.25) is 0 Å². The van der Waals surface area contributed by atoms with Crippen LogP contribution in [-0.2, 0) is 9.59 Å². The zero-order valence-electron chi connectivity index (χ0n) is 16.6. The van der Waals surface area contributed by atoms with E-state index in [1.54, 1.807) is 18.2 Å². The highest BCUT2D eigenvalue weighted by Gasteiger charge is 2.40. The van der Waals surface area contributed by atoms with Crippen LogP contribution in [0, 0.1) is 11.6 Å². The summed E-state index contributed by atoms with van der Waals surface area (Å²) in [5.41, 5.74) is 0.977. The highest BCUT2D eigenvalue weighted by molar-refractivity contribution is 6.46. The molecule has 0 aromatic heterocycles. The van der Waals surface area contributed by atoms with Crippen LogP contribution < -0.4 is 19.7 Å². The highest BCUT2D eigenvalue weighted by atomic mass is 19.1. The van der Waals surface area contributed by atoms with Crippen LogP contribution in [0.25, 0.3) is 5.57 Å². The van der Waals surface area contributed by atoms with E-state index in [1.807, 2.05) is 0 Å². The molecular weight excluding hydrogens is 418 g/mol. The third-order valence-electron chi connectivity index (χ3n) is 5.09. The summed E-state index contributed by atoms with van der Waals surface area (Å²) in [5.74, 6) is -1.29. The third kappa shape index (κ3) is 3.45. The van der Waals surface area contributed by atoms with Crippen molar-refractivity contribution in [3.05, 3.63) is 89.6 Å². The molecule has 2 amide bonds. The van der Waals surface area contributed by atoms with Crippen LogP contribution in [0.5, 0.6) is 11.5 Å². The minimum absolute atomic E-state index is 0.0115. The lowest BCUT2D eigenvalue weighted by Crippen LogP contribution is -2.32. The normalized spacial score (nSPS) is 15.4. The first-order chi connectivity index (χ1) is 15.5. The summed E-state index contributed by atoms with van der Waals surface area (Å²) in [4.78, 5) is 27.5. The average Bonchev–Trinajstić information content (AvgIpc) is 3.03. The van der Waals surface area contributed by atoms with E-state index in [4.69, 9.17) is 9.47 Å². The van der Waals surface area contributed by atoms with Crippen LogP contribution in [0.15, 0.2) is 72.4 Å². The number of benzene rings is 3. The quantitative estimate of drug-likeness (QED) is 0.626. The van der Waals surface area contributed by atoms with Gasteiger partial charge in [-0.15, -0.1) is 0 Å². The van der Waals surface area contributed by atoms with Gasteiger partial charge in [0.15, 0.2) is 11.5 Å². The first-order valence-corrected chi connectivity index (χ1v) is 9.82. The monoisotopic (exact) mass is 434 g/mol. The summed E-state index contributed by atoms with van der Waals surface area (Å²) in [7, 11) is 0. The second-order valence-corrected chi connectivity index (χ2v) is 7.17. The number of fused-ring (bicyclic) bond motifs is 1. The Balaban J connectivity index is 1.59. The van der Waals surface area contributed by atoms with Gasteiger partial charge in [0.05, 0.1) is 11.3 Å². The number of imide groups is 1. The van der Waals surface area contributed by atoms with Gasteiger partial charge in [0, 0.05) is 11.8 Å². The predicted molar refractivity (Wildman–Crippen MR) is 113 cm³/mol. The second-order valence-electron chi connectivity index (χ2n) is 7.17. The Morgan fingerprint density at radius 1 is 0.781 bits per heavy atom. The Hall–Kier alpha value is -4.20. The van der Waals surface area contributed by atoms with Crippen molar-refractivity contribution >= 4 is 28.8 Å². The molecule has 2 aliphatic heterocycles. The molecule has 6 nitrogen and oxygen atoms in total. The van der Waals surface area contributed by atoms with E-state index in [2.05, 4.69) is 5.32 Å². The van der Waals surface area contributed by atoms with E-state index >= 15 is 0 Å². The number of hydrogen-bond acceptors (Lipinski definition) is 5. The van der Waals surface area contributed by atoms with Crippen molar-refractivity contribution in [1.29, 1.82) is 0 Å². The number of anilines is 2. The van der Waals surface area contributed by atoms with Gasteiger partial charge in [-0.1, -0.05) is 18.2 Å². The smallest absolute Gasteiger partial charge is 0.282 e. The Bertz CT molecular complexity index is 1270. The van der Waals surface area contributed by atoms with Gasteiger partial charge in [-0.05, 0) is 48.0 Å². The molecular formula is C24H16F2N2O4. The van der Waals surface area contributed by atoms with Crippen molar-refractivity contribution in [3.63, 3.8) is 0 Å². The van der Waals surface area contributed by atoms with Gasteiger partial charge in [-0.3, -0.25) is 9.59 Å². The summed E-state index contributed by atoms with van der Waals surface area (Å²) in [5, 5.41) is 2.99. The van der Waals surface area contributed by atoms with E-state index in [1.165, 1.54) is 42.5 Å². The molecule has 1 N–H and O–H groups in total. The average molecular weight is 434 g/mol. The Labute approximate surface area is 181 Å². The molecule has 160 valence electrons. The van der Waals surface area contributed by atoms with Gasteiger partial charge in [-0.25, -0.2) is 13.7 Å². The molecule has 0 saturated heterocycles. The van der Waals surface area contributed by atoms with Gasteiger partial charge < -0.3 is 14.8 Å². The predicted octanol–water partition coefficient (Wildman–Crippen LogP) is 4.13. The number of hydrogen-bond donors (Lipinski definition) is 1. The molecule has 3 aromatic carbocycles. The molecule has 0 radical (unpaired) electrons. The Kier molecular flexibility index (Phi) is 4.82. The molecule has 5 rings (SSSR count). The number of halogens is 2. The van der Waals surface area contributed by atoms with E-state index in [0.717, 1.165) is 11.0 Å². The zero-order valence-corrected chi connectivity index (χ0v) is 16.6. The fourth-order valence-electron chi connectivity index (χ4n) is 3.65. The lowest BCUT2D eigenvalue weighted by atomic mass is 10.0. The lowest BCUT2D eigenvalue weighted by Gasteiger charge is -2.19. The summed E-state index contributed by atoms with van der Waals surface area (Å²) < 4.78 is 38.4. The van der Waals surface area contributed by atoms with Gasteiger partial charge in [0.1, 0.15) is 30.5 Å². The minimum Gasteiger partial charge on any atom is -0.486 e. The standard InChI is InChI=1S/C24H16F2N2O4/c25-15-6-4-14(5-7-15)21-22(27-17-8-9-19-20(13-17)32-11-10-31-19)24(30)28(23(21)29)18-3-1-2-16(26)12-18/h1-9,12-13,27H,10-11H2. The van der Waals surface area contributed by atoms with E-state index in [9.17, 15) is 18.4 Å². The maximum Gasteiger partial charge on any atom is 0.282 e. The van der Waals surface area contributed by atoms with Crippen molar-refractivity contribution < 1.29 is 27.8 Å². The van der Waals surface area contributed by atoms with Gasteiger partial charge in [0.25, 0.3) is 11.8 Å². The fourth-order valence-corrected chi connectivity index (χ4v) is 3.65. The summed E-state index contributed by atoms with van der Waals surface area (Å²) in [6.45, 7) is 0.833. The van der Waals surface area contributed by atoms with Crippen molar-refractivity contribution in [2.45, 2.75) is 0 Å². The second kappa shape index (κ2) is 7.81. The van der Waals surface area contributed by atoms with Crippen LogP contribution >= 0.6 is 0 Å². The number of rotatable bonds is 4. The summed E-state index contributed by atoms with van der Waals surface area (Å²) >= 11 is 0. The molecule has 0 fully saturated rings. The SMILES string of the molecule is O=C1C(Nc2ccc3c(c2)OCCO3)=C(c2ccc(F)cc2)C(=O)N1c1cccc(F)c1. The number of carbonyl (C=O) groups excluding carboxylic acids is 2. The number of nitrogens with zero attached hydrogens (tertiary/aromatic N) is 1. The summed E-state index contributed by atoms with van der Waals surface area (Å²) in [6.07, 6.45) is 0. The molecule has 0 saturated carbocycles. The van der Waals surface area contributed by atoms with Crippen molar-refractivity contribution in [3.8, 4) is 11.5 Å². The van der Waals surface area contributed by atoms with E-state index in [-0.39, 0.29) is 17.0 Å². The molecule has 32 heavy (non-hydrogen) atoms. The molecule has 0 unspecified atom stereocenters. The van der Waals surface area contributed by atoms with Gasteiger partial charge >= 0.3 is 0 Å². The van der Waals surface area contributed by atoms with E-state index in [0.29, 0.717) is 36.0 Å². The van der Waals surface area contributed by atoms with Crippen LogP contribution in [0.2, 0.25) is 0 Å². The Morgan fingerprint density at radius 2 is 1.53 bits per heavy atom. The number of ether oxygens (including phenoxy) is 2. The zero-order chi connectivity index (χ0) is 22.2. The highest BCUT2D eigenvalue weighted by Crippen LogP contribution is 2.37. The molecule has 0 bridgehead atoms. The van der Waals surface area contributed by atoms with Gasteiger partial charge in [-0.2, -0.15) is 0 Å². The first kappa shape index (κ1) is 19.7. The summed E-state index contributed by atoms with van der Waals surface area (Å²) in [6, 6.07) is 15.5. The molecule has 0 aliphatic carbocycles. The maximum absolute atomic E-state index is 13.8. The fraction of sp³-hybridized carbons (Fsp3) is 0.0833. The maximum atomic E-state index is 13.8. The molecule has 2 heterocycles. The van der Waals surface area contributed by atoms with E-state index < -0.39 is 23.4 Å². The molecule has 8 heteroatoms. The van der Waals surface area contributed by atoms with Crippen molar-refractivity contribution in [1.82, 2.24) is 0 Å². The number of amides is 2. The van der Waals surface area contributed by atoms with Crippen LogP contribution in [0.4, 0.5) is 20.2 Å². The van der Waals surface area contributed by atoms with Crippen molar-refractivity contribution in [2.24, 2.45) is 0 Å². The molecule has 0 atom stereocenters. The molecule has 0 spiro atoms. The molecule has 2 aliphatic rings. The van der Waals surface area contributed by atoms with Crippen LogP contribution in [0.3, 0.4) is 0 Å². The van der Waals surface area contributed by atoms with Crippen LogP contribution in [0.1, 0.15) is 5.56 Å². The number of nitrogens with one attached hydrogen (secondary N) is 1. The molecule has 3 aromatic rings. The lowest BCUT2D eigenvalue weighted by molar-refractivity contribution is -0.120. The topological polar surface area (TPSA) is 67.9 Å². The largest absolute Gasteiger partial charge is 0.486 e. The van der Waals surface area contributed by atoms with Crippen molar-refractivity contribution in [2.75, 3.05) is 23.4 Å². The first-order valence-electron chi connectivity index (χ1n) is 9.82.